The molecule has 0 aliphatic heterocycles. The van der Waals surface area contributed by atoms with Gasteiger partial charge in [-0.25, -0.2) is 0 Å². The van der Waals surface area contributed by atoms with E-state index in [1.807, 2.05) is 37.3 Å². The number of nitrogen functional groups attached to an aromatic ring is 2. The lowest BCUT2D eigenvalue weighted by molar-refractivity contribution is 1.46. The number of hydrogen-bond donors (Lipinski definition) is 2. The molecule has 90 valence electrons. The van der Waals surface area contributed by atoms with E-state index in [-0.39, 0.29) is 12.4 Å². The van der Waals surface area contributed by atoms with Crippen LogP contribution in [0.4, 0.5) is 11.4 Å². The first-order valence-corrected chi connectivity index (χ1v) is 5.37. The average molecular weight is 269 g/mol. The average Bonchev–Trinajstić information content (AvgIpc) is 2.19. The number of hydrogen-bond acceptors (Lipinski definition) is 2. The van der Waals surface area contributed by atoms with Gasteiger partial charge in [0.2, 0.25) is 0 Å². The Bertz CT molecular complexity index is 498. The molecule has 0 aliphatic carbocycles. The quantitative estimate of drug-likeness (QED) is 0.771. The molecule has 2 rings (SSSR count). The Labute approximate surface area is 112 Å². The molecule has 0 bridgehead atoms. The summed E-state index contributed by atoms with van der Waals surface area (Å²) in [7, 11) is 0. The van der Waals surface area contributed by atoms with Crippen molar-refractivity contribution in [2.75, 3.05) is 11.5 Å². The largest absolute Gasteiger partial charge is 0.399 e. The predicted molar refractivity (Wildman–Crippen MR) is 77.7 cm³/mol. The second-order valence-corrected chi connectivity index (χ2v) is 4.22. The summed E-state index contributed by atoms with van der Waals surface area (Å²) in [5.41, 5.74) is 15.9. The van der Waals surface area contributed by atoms with Gasteiger partial charge < -0.3 is 11.5 Å². The molecule has 0 fully saturated rings. The van der Waals surface area contributed by atoms with Crippen LogP contribution in [0.1, 0.15) is 5.56 Å². The van der Waals surface area contributed by atoms with Crippen LogP contribution in [0.5, 0.6) is 0 Å². The van der Waals surface area contributed by atoms with Crippen LogP contribution < -0.4 is 11.5 Å². The minimum absolute atomic E-state index is 0. The highest BCUT2D eigenvalue weighted by Crippen LogP contribution is 2.33. The fourth-order valence-corrected chi connectivity index (χ4v) is 2.17. The molecular weight excluding hydrogens is 255 g/mol. The molecule has 0 spiro atoms. The van der Waals surface area contributed by atoms with Gasteiger partial charge in [-0.2, -0.15) is 0 Å². The summed E-state index contributed by atoms with van der Waals surface area (Å²) in [6.07, 6.45) is 0. The van der Waals surface area contributed by atoms with Gasteiger partial charge in [-0.3, -0.25) is 0 Å². The highest BCUT2D eigenvalue weighted by Gasteiger charge is 2.07. The lowest BCUT2D eigenvalue weighted by atomic mass is 10.00. The zero-order valence-electron chi connectivity index (χ0n) is 9.41. The minimum atomic E-state index is 0. The third kappa shape index (κ3) is 2.84. The molecule has 0 aliphatic rings. The van der Waals surface area contributed by atoms with Crippen molar-refractivity contribution in [3.63, 3.8) is 0 Å². The first-order valence-electron chi connectivity index (χ1n) is 4.99. The van der Waals surface area contributed by atoms with Gasteiger partial charge in [0.25, 0.3) is 0 Å². The second kappa shape index (κ2) is 5.30. The van der Waals surface area contributed by atoms with Crippen LogP contribution in [-0.4, -0.2) is 0 Å². The van der Waals surface area contributed by atoms with Crippen molar-refractivity contribution in [1.82, 2.24) is 0 Å². The minimum Gasteiger partial charge on any atom is -0.399 e. The van der Waals surface area contributed by atoms with Gasteiger partial charge in [-0.05, 0) is 42.3 Å². The summed E-state index contributed by atoms with van der Waals surface area (Å²) in [6, 6.07) is 11.3. The summed E-state index contributed by atoms with van der Waals surface area (Å²) < 4.78 is 0. The van der Waals surface area contributed by atoms with Crippen LogP contribution >= 0.6 is 24.0 Å². The van der Waals surface area contributed by atoms with Crippen molar-refractivity contribution in [3.05, 3.63) is 47.0 Å². The van der Waals surface area contributed by atoms with E-state index >= 15 is 0 Å². The van der Waals surface area contributed by atoms with Gasteiger partial charge in [0.1, 0.15) is 0 Å². The number of anilines is 2. The first-order chi connectivity index (χ1) is 7.58. The lowest BCUT2D eigenvalue weighted by Gasteiger charge is -2.10. The number of benzene rings is 2. The molecule has 0 heterocycles. The van der Waals surface area contributed by atoms with Crippen molar-refractivity contribution >= 4 is 35.4 Å². The van der Waals surface area contributed by atoms with Crippen LogP contribution in [0.2, 0.25) is 5.02 Å². The van der Waals surface area contributed by atoms with E-state index in [0.717, 1.165) is 22.4 Å². The molecule has 0 saturated carbocycles. The van der Waals surface area contributed by atoms with Crippen LogP contribution in [0.3, 0.4) is 0 Å². The van der Waals surface area contributed by atoms with Gasteiger partial charge >= 0.3 is 0 Å². The molecule has 0 unspecified atom stereocenters. The first kappa shape index (κ1) is 13.7. The number of aryl methyl sites for hydroxylation is 1. The van der Waals surface area contributed by atoms with Crippen molar-refractivity contribution in [1.29, 1.82) is 0 Å². The van der Waals surface area contributed by atoms with Gasteiger partial charge in [-0.15, -0.1) is 12.4 Å². The van der Waals surface area contributed by atoms with Crippen molar-refractivity contribution in [2.24, 2.45) is 0 Å². The molecule has 0 aromatic heterocycles. The van der Waals surface area contributed by atoms with Crippen LogP contribution in [0.25, 0.3) is 11.1 Å². The topological polar surface area (TPSA) is 52.0 Å². The highest BCUT2D eigenvalue weighted by molar-refractivity contribution is 6.33. The van der Waals surface area contributed by atoms with Crippen LogP contribution in [0.15, 0.2) is 36.4 Å². The summed E-state index contributed by atoms with van der Waals surface area (Å²) in [4.78, 5) is 0. The lowest BCUT2D eigenvalue weighted by Crippen LogP contribution is -1.91. The molecule has 0 amide bonds. The molecule has 0 radical (unpaired) electrons. The molecular formula is C13H14Cl2N2. The third-order valence-corrected chi connectivity index (χ3v) is 2.81. The van der Waals surface area contributed by atoms with Crippen LogP contribution in [0, 0.1) is 6.92 Å². The third-order valence-electron chi connectivity index (χ3n) is 2.51. The Morgan fingerprint density at radius 2 is 1.53 bits per heavy atom. The zero-order valence-corrected chi connectivity index (χ0v) is 11.0. The number of rotatable bonds is 1. The number of nitrogens with two attached hydrogens (primary N) is 2. The maximum absolute atomic E-state index is 6.20. The molecule has 0 saturated heterocycles. The summed E-state index contributed by atoms with van der Waals surface area (Å²) in [5.74, 6) is 0. The number of halogens is 2. The highest BCUT2D eigenvalue weighted by atomic mass is 35.5. The van der Waals surface area contributed by atoms with E-state index in [1.165, 1.54) is 0 Å². The van der Waals surface area contributed by atoms with Gasteiger partial charge in [0.15, 0.2) is 0 Å². The zero-order chi connectivity index (χ0) is 11.7. The molecule has 0 atom stereocenters. The monoisotopic (exact) mass is 268 g/mol. The van der Waals surface area contributed by atoms with E-state index in [9.17, 15) is 0 Å². The Balaban J connectivity index is 0.00000144. The van der Waals surface area contributed by atoms with Crippen molar-refractivity contribution in [2.45, 2.75) is 6.92 Å². The van der Waals surface area contributed by atoms with E-state index in [4.69, 9.17) is 23.1 Å². The SMILES string of the molecule is Cc1cc(N)cc(Cl)c1-c1ccc(N)cc1.Cl. The molecule has 4 heteroatoms. The second-order valence-electron chi connectivity index (χ2n) is 3.82. The standard InChI is InChI=1S/C13H13ClN2.ClH/c1-8-6-11(16)7-12(14)13(8)9-2-4-10(15)5-3-9;/h2-7H,15-16H2,1H3;1H. The maximum atomic E-state index is 6.20. The summed E-state index contributed by atoms with van der Waals surface area (Å²) in [5, 5.41) is 0.669. The summed E-state index contributed by atoms with van der Waals surface area (Å²) >= 11 is 6.20. The van der Waals surface area contributed by atoms with E-state index in [0.29, 0.717) is 10.7 Å². The normalized spacial score (nSPS) is 9.76. The molecule has 4 N–H and O–H groups in total. The van der Waals surface area contributed by atoms with Gasteiger partial charge in [-0.1, -0.05) is 23.7 Å². The predicted octanol–water partition coefficient (Wildman–Crippen LogP) is 3.90. The summed E-state index contributed by atoms with van der Waals surface area (Å²) in [6.45, 7) is 1.99. The maximum Gasteiger partial charge on any atom is 0.0507 e. The van der Waals surface area contributed by atoms with Crippen molar-refractivity contribution < 1.29 is 0 Å². The molecule has 2 aromatic carbocycles. The Hall–Kier alpha value is -1.38. The van der Waals surface area contributed by atoms with Gasteiger partial charge in [0, 0.05) is 16.9 Å². The Morgan fingerprint density at radius 1 is 0.941 bits per heavy atom. The fourth-order valence-electron chi connectivity index (χ4n) is 1.79. The van der Waals surface area contributed by atoms with E-state index in [1.54, 1.807) is 6.07 Å². The molecule has 2 aromatic rings. The van der Waals surface area contributed by atoms with Gasteiger partial charge in [0.05, 0.1) is 5.02 Å². The van der Waals surface area contributed by atoms with E-state index < -0.39 is 0 Å². The van der Waals surface area contributed by atoms with E-state index in [2.05, 4.69) is 0 Å². The Morgan fingerprint density at radius 3 is 2.06 bits per heavy atom. The van der Waals surface area contributed by atoms with Crippen LogP contribution in [-0.2, 0) is 0 Å². The Kier molecular flexibility index (Phi) is 4.27. The smallest absolute Gasteiger partial charge is 0.0507 e. The fraction of sp³-hybridized carbons (Fsp3) is 0.0769. The molecule has 17 heavy (non-hydrogen) atoms. The molecule has 2 nitrogen and oxygen atoms in total. The van der Waals surface area contributed by atoms with Crippen molar-refractivity contribution in [3.8, 4) is 11.1 Å².